The van der Waals surface area contributed by atoms with Crippen molar-refractivity contribution in [3.8, 4) is 0 Å². The Bertz CT molecular complexity index is 772. The van der Waals surface area contributed by atoms with E-state index in [4.69, 9.17) is 31.9 Å². The molecule has 0 heterocycles. The Kier molecular flexibility index (Phi) is 12.7. The summed E-state index contributed by atoms with van der Waals surface area (Å²) in [6, 6.07) is -6.35. The number of nitrogens with one attached hydrogen (secondary N) is 3. The fourth-order valence-corrected chi connectivity index (χ4v) is 2.38. The first-order valence-corrected chi connectivity index (χ1v) is 9.50. The lowest BCUT2D eigenvalue weighted by Gasteiger charge is -2.24. The highest BCUT2D eigenvalue weighted by molar-refractivity contribution is 5.95. The molecule has 0 spiro atoms. The van der Waals surface area contributed by atoms with Gasteiger partial charge in [-0.1, -0.05) is 0 Å². The molecule has 0 rings (SSSR count). The highest BCUT2D eigenvalue weighted by atomic mass is 16.4. The maximum atomic E-state index is 12.6. The van der Waals surface area contributed by atoms with Crippen molar-refractivity contribution in [3.63, 3.8) is 0 Å². The van der Waals surface area contributed by atoms with Gasteiger partial charge in [0.05, 0.1) is 13.0 Å². The summed E-state index contributed by atoms with van der Waals surface area (Å²) in [6.07, 6.45) is -2.95. The van der Waals surface area contributed by atoms with Crippen LogP contribution in [0.5, 0.6) is 0 Å². The van der Waals surface area contributed by atoms with Crippen molar-refractivity contribution in [3.05, 3.63) is 0 Å². The third kappa shape index (κ3) is 12.0. The number of aliphatic carboxylic acids is 3. The zero-order chi connectivity index (χ0) is 25.7. The van der Waals surface area contributed by atoms with Crippen molar-refractivity contribution in [1.82, 2.24) is 16.0 Å². The lowest BCUT2D eigenvalue weighted by molar-refractivity contribution is -0.144. The Morgan fingerprint density at radius 3 is 1.42 bits per heavy atom. The molecular weight excluding hydrogens is 450 g/mol. The second kappa shape index (κ2) is 14.3. The average molecular weight is 477 g/mol. The van der Waals surface area contributed by atoms with Gasteiger partial charge in [0.2, 0.25) is 23.6 Å². The largest absolute Gasteiger partial charge is 0.481 e. The van der Waals surface area contributed by atoms with Gasteiger partial charge in [-0.25, -0.2) is 4.79 Å². The molecule has 0 saturated carbocycles. The number of rotatable bonds is 16. The first-order chi connectivity index (χ1) is 15.3. The van der Waals surface area contributed by atoms with Gasteiger partial charge >= 0.3 is 17.9 Å². The van der Waals surface area contributed by atoms with Gasteiger partial charge in [-0.15, -0.1) is 0 Å². The molecule has 0 aliphatic rings. The standard InChI is InChI=1S/C17H27N5O11/c18-7(6-23)14(29)20-8(1-3-12(25)26)15(30)21-9(2-4-13(27)28)16(31)22-10(17(32)33)5-11(19)24/h7-10,23H,1-6,18H2,(H2,19,24)(H,20,29)(H,21,30)(H,22,31)(H,25,26)(H,27,28)(H,32,33). The van der Waals surface area contributed by atoms with E-state index in [0.29, 0.717) is 0 Å². The second-order valence-corrected chi connectivity index (χ2v) is 6.85. The molecule has 16 nitrogen and oxygen atoms in total. The van der Waals surface area contributed by atoms with Gasteiger partial charge in [-0.3, -0.25) is 28.8 Å². The summed E-state index contributed by atoms with van der Waals surface area (Å²) in [5, 5.41) is 41.9. The lowest BCUT2D eigenvalue weighted by Crippen LogP contribution is -2.57. The van der Waals surface area contributed by atoms with Gasteiger partial charge in [-0.2, -0.15) is 0 Å². The molecule has 0 fully saturated rings. The summed E-state index contributed by atoms with van der Waals surface area (Å²) >= 11 is 0. The smallest absolute Gasteiger partial charge is 0.326 e. The number of carbonyl (C=O) groups is 7. The molecule has 11 N–H and O–H groups in total. The molecule has 0 saturated heterocycles. The Morgan fingerprint density at radius 2 is 1.09 bits per heavy atom. The first kappa shape index (κ1) is 29.2. The number of hydrogen-bond acceptors (Lipinski definition) is 9. The minimum Gasteiger partial charge on any atom is -0.481 e. The Morgan fingerprint density at radius 1 is 0.697 bits per heavy atom. The predicted octanol–water partition coefficient (Wildman–Crippen LogP) is -4.55. The summed E-state index contributed by atoms with van der Waals surface area (Å²) in [5.41, 5.74) is 10.3. The number of amides is 4. The van der Waals surface area contributed by atoms with Crippen LogP contribution in [-0.4, -0.2) is 92.7 Å². The summed E-state index contributed by atoms with van der Waals surface area (Å²) < 4.78 is 0. The Hall–Kier alpha value is -3.79. The van der Waals surface area contributed by atoms with Gasteiger partial charge in [-0.05, 0) is 12.8 Å². The van der Waals surface area contributed by atoms with E-state index in [9.17, 15) is 33.6 Å². The van der Waals surface area contributed by atoms with Gasteiger partial charge in [0.25, 0.3) is 0 Å². The molecule has 0 aliphatic heterocycles. The van der Waals surface area contributed by atoms with Crippen LogP contribution in [0.2, 0.25) is 0 Å². The zero-order valence-corrected chi connectivity index (χ0v) is 17.4. The van der Waals surface area contributed by atoms with E-state index in [2.05, 4.69) is 10.6 Å². The van der Waals surface area contributed by atoms with E-state index in [0.717, 1.165) is 0 Å². The number of hydrogen-bond donors (Lipinski definition) is 9. The van der Waals surface area contributed by atoms with Crippen molar-refractivity contribution in [1.29, 1.82) is 0 Å². The first-order valence-electron chi connectivity index (χ1n) is 9.50. The zero-order valence-electron chi connectivity index (χ0n) is 17.4. The fraction of sp³-hybridized carbons (Fsp3) is 0.588. The van der Waals surface area contributed by atoms with Crippen molar-refractivity contribution < 1.29 is 54.0 Å². The van der Waals surface area contributed by atoms with E-state index in [1.165, 1.54) is 0 Å². The van der Waals surface area contributed by atoms with Crippen LogP contribution in [0.15, 0.2) is 0 Å². The fourth-order valence-electron chi connectivity index (χ4n) is 2.38. The van der Waals surface area contributed by atoms with Crippen LogP contribution in [0.25, 0.3) is 0 Å². The van der Waals surface area contributed by atoms with Gasteiger partial charge in [0.15, 0.2) is 0 Å². The van der Waals surface area contributed by atoms with Crippen molar-refractivity contribution in [2.24, 2.45) is 11.5 Å². The third-order valence-corrected chi connectivity index (χ3v) is 4.11. The predicted molar refractivity (Wildman–Crippen MR) is 106 cm³/mol. The maximum absolute atomic E-state index is 12.6. The number of carbonyl (C=O) groups excluding carboxylic acids is 4. The van der Waals surface area contributed by atoms with E-state index >= 15 is 0 Å². The molecule has 4 amide bonds. The van der Waals surface area contributed by atoms with Crippen LogP contribution in [0.4, 0.5) is 0 Å². The molecule has 0 aromatic carbocycles. The second-order valence-electron chi connectivity index (χ2n) is 6.85. The monoisotopic (exact) mass is 477 g/mol. The molecule has 0 bridgehead atoms. The highest BCUT2D eigenvalue weighted by Crippen LogP contribution is 2.05. The van der Waals surface area contributed by atoms with Gasteiger partial charge in [0.1, 0.15) is 24.2 Å². The molecule has 0 aromatic heterocycles. The number of aliphatic hydroxyl groups excluding tert-OH is 1. The van der Waals surface area contributed by atoms with Gasteiger partial charge in [0, 0.05) is 12.8 Å². The minimum atomic E-state index is -1.76. The number of carboxylic acid groups (broad SMARTS) is 3. The lowest BCUT2D eigenvalue weighted by atomic mass is 10.1. The normalized spacial score (nSPS) is 14.1. The van der Waals surface area contributed by atoms with Crippen molar-refractivity contribution in [2.75, 3.05) is 6.61 Å². The Labute approximate surface area is 186 Å². The molecule has 4 unspecified atom stereocenters. The van der Waals surface area contributed by atoms with Crippen LogP contribution in [0, 0.1) is 0 Å². The van der Waals surface area contributed by atoms with E-state index in [-0.39, 0.29) is 0 Å². The topological polar surface area (TPSA) is 289 Å². The van der Waals surface area contributed by atoms with Crippen LogP contribution < -0.4 is 27.4 Å². The molecule has 0 aliphatic carbocycles. The molecule has 4 atom stereocenters. The average Bonchev–Trinajstić information content (AvgIpc) is 2.71. The molecule has 0 radical (unpaired) electrons. The number of aliphatic hydroxyl groups is 1. The van der Waals surface area contributed by atoms with Crippen LogP contribution >= 0.6 is 0 Å². The van der Waals surface area contributed by atoms with E-state index in [1.807, 2.05) is 5.32 Å². The van der Waals surface area contributed by atoms with Crippen LogP contribution in [0.1, 0.15) is 32.1 Å². The third-order valence-electron chi connectivity index (χ3n) is 4.11. The summed E-state index contributed by atoms with van der Waals surface area (Å²) in [6.45, 7) is -0.779. The van der Waals surface area contributed by atoms with E-state index < -0.39 is 104 Å². The van der Waals surface area contributed by atoms with Crippen molar-refractivity contribution >= 4 is 41.5 Å². The molecule has 0 aromatic rings. The van der Waals surface area contributed by atoms with Crippen LogP contribution in [-0.2, 0) is 33.6 Å². The van der Waals surface area contributed by atoms with E-state index in [1.54, 1.807) is 0 Å². The minimum absolute atomic E-state index is 0.447. The molecule has 33 heavy (non-hydrogen) atoms. The SMILES string of the molecule is NC(=O)CC(NC(=O)C(CCC(=O)O)NC(=O)C(CCC(=O)O)NC(=O)C(N)CO)C(=O)O. The molecule has 16 heteroatoms. The molecule has 186 valence electrons. The Balaban J connectivity index is 5.60. The quantitative estimate of drug-likeness (QED) is 0.101. The summed E-state index contributed by atoms with van der Waals surface area (Å²) in [4.78, 5) is 81.0. The molecular formula is C17H27N5O11. The highest BCUT2D eigenvalue weighted by Gasteiger charge is 2.31. The summed E-state index contributed by atoms with van der Waals surface area (Å²) in [5.74, 6) is -8.58. The maximum Gasteiger partial charge on any atom is 0.326 e. The van der Waals surface area contributed by atoms with Gasteiger partial charge < -0.3 is 47.8 Å². The summed E-state index contributed by atoms with van der Waals surface area (Å²) in [7, 11) is 0. The number of carboxylic acids is 3. The number of nitrogens with two attached hydrogens (primary N) is 2. The number of primary amides is 1. The van der Waals surface area contributed by atoms with Crippen molar-refractivity contribution in [2.45, 2.75) is 56.3 Å². The van der Waals surface area contributed by atoms with Crippen LogP contribution in [0.3, 0.4) is 0 Å².